The highest BCUT2D eigenvalue weighted by Gasteiger charge is 2.55. The number of methoxy groups -OCH3 is 1. The lowest BCUT2D eigenvalue weighted by atomic mass is 9.79. The van der Waals surface area contributed by atoms with Crippen molar-refractivity contribution in [2.45, 2.75) is 64.3 Å². The predicted octanol–water partition coefficient (Wildman–Crippen LogP) is 1.31. The van der Waals surface area contributed by atoms with E-state index in [1.807, 2.05) is 39.8 Å². The molecule has 1 spiro atoms. The number of hydrogen-bond acceptors (Lipinski definition) is 8. The van der Waals surface area contributed by atoms with Gasteiger partial charge in [0.05, 0.1) is 30.7 Å². The summed E-state index contributed by atoms with van der Waals surface area (Å²) in [6.07, 6.45) is 0.919. The van der Waals surface area contributed by atoms with Crippen LogP contribution in [0, 0.1) is 19.8 Å². The van der Waals surface area contributed by atoms with Crippen LogP contribution < -0.4 is 10.0 Å². The number of nitrogens with one attached hydrogen (secondary N) is 3. The van der Waals surface area contributed by atoms with Gasteiger partial charge in [-0.1, -0.05) is 26.0 Å². The van der Waals surface area contributed by atoms with Crippen molar-refractivity contribution in [1.82, 2.24) is 25.3 Å². The van der Waals surface area contributed by atoms with Gasteiger partial charge in [-0.05, 0) is 50.3 Å². The summed E-state index contributed by atoms with van der Waals surface area (Å²) >= 11 is 0. The molecule has 13 heteroatoms. The molecule has 2 aromatic rings. The van der Waals surface area contributed by atoms with Crippen LogP contribution in [0.2, 0.25) is 0 Å². The molecule has 2 aliphatic rings. The second-order valence-electron chi connectivity index (χ2n) is 11.5. The Balaban J connectivity index is 1.64. The van der Waals surface area contributed by atoms with Crippen molar-refractivity contribution in [3.8, 4) is 0 Å². The Morgan fingerprint density at radius 1 is 1.17 bits per heavy atom. The highest BCUT2D eigenvalue weighted by molar-refractivity contribution is 7.92. The summed E-state index contributed by atoms with van der Waals surface area (Å²) in [4.78, 5) is 31.3. The van der Waals surface area contributed by atoms with Gasteiger partial charge in [-0.3, -0.25) is 24.3 Å². The number of ether oxygens (including phenoxy) is 1. The fourth-order valence-corrected chi connectivity index (χ4v) is 6.65. The quantitative estimate of drug-likeness (QED) is 0.323. The number of nitrogens with zero attached hydrogens (tertiary/aromatic N) is 3. The molecule has 1 unspecified atom stereocenters. The van der Waals surface area contributed by atoms with E-state index in [1.54, 1.807) is 24.1 Å². The van der Waals surface area contributed by atoms with Crippen molar-refractivity contribution in [1.29, 1.82) is 0 Å². The fraction of sp³-hybridized carbons (Fsp3) is 0.607. The summed E-state index contributed by atoms with van der Waals surface area (Å²) in [6.45, 7) is 9.09. The number of sulfonamides is 1. The molecular weight excluding hydrogens is 548 g/mol. The molecule has 0 saturated carbocycles. The molecule has 2 amide bonds. The van der Waals surface area contributed by atoms with E-state index < -0.39 is 27.7 Å². The van der Waals surface area contributed by atoms with Crippen molar-refractivity contribution < 1.29 is 27.9 Å². The van der Waals surface area contributed by atoms with Gasteiger partial charge in [0.15, 0.2) is 0 Å². The molecule has 0 bridgehead atoms. The van der Waals surface area contributed by atoms with Crippen molar-refractivity contribution in [3.63, 3.8) is 0 Å². The Hall–Kier alpha value is -3.00. The highest BCUT2D eigenvalue weighted by atomic mass is 32.2. The molecule has 0 radical (unpaired) electrons. The average molecular weight is 591 g/mol. The number of piperidine rings is 1. The first-order valence-corrected chi connectivity index (χ1v) is 15.8. The Kier molecular flexibility index (Phi) is 9.12. The molecule has 2 saturated heterocycles. The molecule has 2 fully saturated rings. The van der Waals surface area contributed by atoms with E-state index in [9.17, 15) is 23.1 Å². The standard InChI is InChI=1S/C28H42N6O6S/c1-17(2)25(35)23-26(36)34(15-16-40-5)28(27(37)29-23)11-13-33(14-12-28)24(22-18(3)30-31-19(22)4)20-7-9-21(10-8-20)32-41(6,38)39/h7-10,17,23-25,32,35H,11-16H2,1-6H3,(H,29,37)(H,30,31)/t23-,24?,25-/m1/s1. The van der Waals surface area contributed by atoms with Crippen molar-refractivity contribution in [2.24, 2.45) is 5.92 Å². The summed E-state index contributed by atoms with van der Waals surface area (Å²) < 4.78 is 31.2. The molecule has 226 valence electrons. The molecule has 1 aromatic heterocycles. The fourth-order valence-electron chi connectivity index (χ4n) is 6.08. The second kappa shape index (κ2) is 12.1. The van der Waals surface area contributed by atoms with Gasteiger partial charge in [-0.2, -0.15) is 5.10 Å². The minimum atomic E-state index is -3.41. The summed E-state index contributed by atoms with van der Waals surface area (Å²) in [5, 5.41) is 21.0. The number of hydrogen-bond donors (Lipinski definition) is 4. The van der Waals surface area contributed by atoms with Crippen molar-refractivity contribution in [2.75, 3.05) is 44.3 Å². The van der Waals surface area contributed by atoms with Crippen LogP contribution in [0.15, 0.2) is 24.3 Å². The van der Waals surface area contributed by atoms with Crippen LogP contribution in [0.3, 0.4) is 0 Å². The third-order valence-electron chi connectivity index (χ3n) is 8.28. The lowest BCUT2D eigenvalue weighted by molar-refractivity contribution is -0.166. The molecule has 41 heavy (non-hydrogen) atoms. The number of carbonyl (C=O) groups is 2. The first-order chi connectivity index (χ1) is 19.3. The van der Waals surface area contributed by atoms with E-state index in [0.717, 1.165) is 28.8 Å². The number of anilines is 1. The van der Waals surface area contributed by atoms with Gasteiger partial charge in [0.2, 0.25) is 21.8 Å². The van der Waals surface area contributed by atoms with Gasteiger partial charge >= 0.3 is 0 Å². The van der Waals surface area contributed by atoms with Crippen LogP contribution in [0.25, 0.3) is 0 Å². The lowest BCUT2D eigenvalue weighted by Gasteiger charge is -2.53. The largest absolute Gasteiger partial charge is 0.390 e. The zero-order valence-corrected chi connectivity index (χ0v) is 25.4. The van der Waals surface area contributed by atoms with Crippen LogP contribution in [0.1, 0.15) is 55.2 Å². The van der Waals surface area contributed by atoms with Gasteiger partial charge in [-0.25, -0.2) is 8.42 Å². The van der Waals surface area contributed by atoms with Gasteiger partial charge in [0.1, 0.15) is 11.6 Å². The summed E-state index contributed by atoms with van der Waals surface area (Å²) in [5.74, 6) is -0.741. The number of likely N-dealkylation sites (tertiary alicyclic amines) is 1. The number of aromatic nitrogens is 2. The maximum atomic E-state index is 13.7. The van der Waals surface area contributed by atoms with Crippen molar-refractivity contribution in [3.05, 3.63) is 46.8 Å². The monoisotopic (exact) mass is 590 g/mol. The van der Waals surface area contributed by atoms with Crippen LogP contribution in [0.4, 0.5) is 5.69 Å². The van der Waals surface area contributed by atoms with E-state index in [-0.39, 0.29) is 36.9 Å². The van der Waals surface area contributed by atoms with E-state index in [2.05, 4.69) is 25.1 Å². The van der Waals surface area contributed by atoms with E-state index in [0.29, 0.717) is 31.6 Å². The second-order valence-corrected chi connectivity index (χ2v) is 13.2. The Bertz CT molecular complexity index is 1330. The average Bonchev–Trinajstić information content (AvgIpc) is 3.24. The Morgan fingerprint density at radius 2 is 1.80 bits per heavy atom. The zero-order valence-electron chi connectivity index (χ0n) is 24.6. The molecule has 3 atom stereocenters. The van der Waals surface area contributed by atoms with E-state index in [1.165, 1.54) is 0 Å². The summed E-state index contributed by atoms with van der Waals surface area (Å²) in [7, 11) is -1.85. The highest BCUT2D eigenvalue weighted by Crippen LogP contribution is 2.40. The van der Waals surface area contributed by atoms with Crippen molar-refractivity contribution >= 4 is 27.5 Å². The van der Waals surface area contributed by atoms with Crippen LogP contribution in [-0.2, 0) is 24.3 Å². The number of carbonyl (C=O) groups excluding carboxylic acids is 2. The molecule has 4 N–H and O–H groups in total. The maximum absolute atomic E-state index is 13.7. The van der Waals surface area contributed by atoms with Crippen LogP contribution in [0.5, 0.6) is 0 Å². The number of aryl methyl sites for hydroxylation is 2. The number of amides is 2. The summed E-state index contributed by atoms with van der Waals surface area (Å²) in [6, 6.07) is 6.07. The van der Waals surface area contributed by atoms with Gasteiger partial charge in [0.25, 0.3) is 0 Å². The lowest BCUT2D eigenvalue weighted by Crippen LogP contribution is -2.75. The number of rotatable bonds is 10. The number of aliphatic hydroxyl groups excluding tert-OH is 1. The third-order valence-corrected chi connectivity index (χ3v) is 8.89. The van der Waals surface area contributed by atoms with Gasteiger partial charge in [-0.15, -0.1) is 0 Å². The molecule has 1 aromatic carbocycles. The van der Waals surface area contributed by atoms with Crippen LogP contribution in [-0.4, -0.2) is 103 Å². The van der Waals surface area contributed by atoms with Gasteiger partial charge < -0.3 is 20.1 Å². The molecule has 3 heterocycles. The number of aliphatic hydroxyl groups is 1. The predicted molar refractivity (Wildman–Crippen MR) is 155 cm³/mol. The van der Waals surface area contributed by atoms with E-state index >= 15 is 0 Å². The van der Waals surface area contributed by atoms with E-state index in [4.69, 9.17) is 4.74 Å². The molecule has 2 aliphatic heterocycles. The zero-order chi connectivity index (χ0) is 30.1. The molecule has 12 nitrogen and oxygen atoms in total. The Labute approximate surface area is 241 Å². The third kappa shape index (κ3) is 6.27. The normalized spacial score (nSPS) is 21.3. The number of aromatic amines is 1. The van der Waals surface area contributed by atoms with Crippen LogP contribution >= 0.6 is 0 Å². The number of benzene rings is 1. The maximum Gasteiger partial charge on any atom is 0.248 e. The first kappa shape index (κ1) is 30.9. The summed E-state index contributed by atoms with van der Waals surface area (Å²) in [5.41, 5.74) is 3.16. The Morgan fingerprint density at radius 3 is 2.32 bits per heavy atom. The minimum absolute atomic E-state index is 0.203. The molecule has 4 rings (SSSR count). The smallest absolute Gasteiger partial charge is 0.248 e. The first-order valence-electron chi connectivity index (χ1n) is 13.9. The minimum Gasteiger partial charge on any atom is -0.390 e. The molecule has 0 aliphatic carbocycles. The topological polar surface area (TPSA) is 157 Å². The number of H-pyrrole nitrogens is 1. The van der Waals surface area contributed by atoms with Gasteiger partial charge in [0, 0.05) is 43.7 Å². The molecular formula is C28H42N6O6S. The number of piperazine rings is 1. The SMILES string of the molecule is COCCN1C(=O)[C@@H]([C@H](O)C(C)C)NC(=O)C12CCN(C(c1ccc(NS(C)(=O)=O)cc1)c1c(C)n[nH]c1C)CC2.